The Morgan fingerprint density at radius 2 is 1.82 bits per heavy atom. The summed E-state index contributed by atoms with van der Waals surface area (Å²) in [6.45, 7) is 7.45. The fourth-order valence-corrected chi connectivity index (χ4v) is 2.83. The van der Waals surface area contributed by atoms with E-state index < -0.39 is 6.04 Å². The van der Waals surface area contributed by atoms with Crippen molar-refractivity contribution >= 4 is 17.5 Å². The van der Waals surface area contributed by atoms with Gasteiger partial charge in [-0.3, -0.25) is 9.59 Å². The van der Waals surface area contributed by atoms with Gasteiger partial charge < -0.3 is 20.7 Å². The predicted molar refractivity (Wildman–Crippen MR) is 112 cm³/mol. The van der Waals surface area contributed by atoms with Crippen LogP contribution >= 0.6 is 0 Å². The van der Waals surface area contributed by atoms with Gasteiger partial charge in [0.15, 0.2) is 0 Å². The largest absolute Gasteiger partial charge is 0.496 e. The van der Waals surface area contributed by atoms with Gasteiger partial charge in [0.1, 0.15) is 11.8 Å². The molecule has 2 amide bonds. The number of rotatable bonds is 9. The Balaban J connectivity index is 2.11. The van der Waals surface area contributed by atoms with Crippen molar-refractivity contribution < 1.29 is 14.3 Å². The standard InChI is InChI=1S/C22H29N3O3/c1-5-23-14-16-9-8-10-17(13-16)24-22(27)20(15(2)3)25-21(26)18-11-6-7-12-19(18)28-4/h6-13,15,20,23H,5,14H2,1-4H3,(H,24,27)(H,25,26). The number of nitrogens with one attached hydrogen (secondary N) is 3. The summed E-state index contributed by atoms with van der Waals surface area (Å²) in [4.78, 5) is 25.5. The van der Waals surface area contributed by atoms with Crippen LogP contribution in [-0.2, 0) is 11.3 Å². The van der Waals surface area contributed by atoms with Gasteiger partial charge in [-0.25, -0.2) is 0 Å². The quantitative estimate of drug-likeness (QED) is 0.621. The third-order valence-electron chi connectivity index (χ3n) is 4.36. The molecule has 150 valence electrons. The average molecular weight is 383 g/mol. The molecule has 2 aromatic rings. The van der Waals surface area contributed by atoms with E-state index in [1.807, 2.05) is 45.0 Å². The van der Waals surface area contributed by atoms with Crippen LogP contribution in [0.1, 0.15) is 36.7 Å². The van der Waals surface area contributed by atoms with Crippen LogP contribution in [0.3, 0.4) is 0 Å². The molecule has 0 bridgehead atoms. The molecule has 0 fully saturated rings. The molecule has 0 aromatic heterocycles. The molecule has 0 aliphatic heterocycles. The van der Waals surface area contributed by atoms with E-state index in [2.05, 4.69) is 16.0 Å². The molecule has 6 nitrogen and oxygen atoms in total. The van der Waals surface area contributed by atoms with Gasteiger partial charge in [-0.2, -0.15) is 0 Å². The number of hydrogen-bond acceptors (Lipinski definition) is 4. The molecule has 3 N–H and O–H groups in total. The molecular formula is C22H29N3O3. The first kappa shape index (κ1) is 21.4. The molecule has 0 aliphatic rings. The van der Waals surface area contributed by atoms with Crippen LogP contribution < -0.4 is 20.7 Å². The van der Waals surface area contributed by atoms with Gasteiger partial charge in [0.05, 0.1) is 12.7 Å². The molecule has 0 saturated carbocycles. The summed E-state index contributed by atoms with van der Waals surface area (Å²) >= 11 is 0. The van der Waals surface area contributed by atoms with E-state index >= 15 is 0 Å². The third kappa shape index (κ3) is 5.82. The van der Waals surface area contributed by atoms with Crippen LogP contribution in [0.4, 0.5) is 5.69 Å². The highest BCUT2D eigenvalue weighted by molar-refractivity contribution is 6.02. The van der Waals surface area contributed by atoms with Crippen LogP contribution in [0.5, 0.6) is 5.75 Å². The molecule has 0 radical (unpaired) electrons. The molecule has 1 unspecified atom stereocenters. The minimum Gasteiger partial charge on any atom is -0.496 e. The first-order valence-electron chi connectivity index (χ1n) is 9.50. The molecule has 6 heteroatoms. The minimum atomic E-state index is -0.671. The van der Waals surface area contributed by atoms with Crippen LogP contribution in [-0.4, -0.2) is 31.5 Å². The number of para-hydroxylation sites is 1. The van der Waals surface area contributed by atoms with Gasteiger partial charge in [-0.1, -0.05) is 45.0 Å². The smallest absolute Gasteiger partial charge is 0.255 e. The molecule has 2 rings (SSSR count). The Morgan fingerprint density at radius 3 is 2.50 bits per heavy atom. The molecule has 2 aromatic carbocycles. The summed E-state index contributed by atoms with van der Waals surface area (Å²) in [5.74, 6) is -0.200. The fourth-order valence-electron chi connectivity index (χ4n) is 2.83. The van der Waals surface area contributed by atoms with Gasteiger partial charge in [0, 0.05) is 12.2 Å². The van der Waals surface area contributed by atoms with Crippen molar-refractivity contribution in [3.63, 3.8) is 0 Å². The molecule has 0 saturated heterocycles. The molecular weight excluding hydrogens is 354 g/mol. The maximum atomic E-state index is 12.8. The summed E-state index contributed by atoms with van der Waals surface area (Å²) in [7, 11) is 1.51. The third-order valence-corrected chi connectivity index (χ3v) is 4.36. The minimum absolute atomic E-state index is 0.0800. The molecule has 28 heavy (non-hydrogen) atoms. The van der Waals surface area contributed by atoms with Crippen molar-refractivity contribution in [2.45, 2.75) is 33.4 Å². The van der Waals surface area contributed by atoms with E-state index in [1.54, 1.807) is 24.3 Å². The van der Waals surface area contributed by atoms with Crippen LogP contribution in [0.2, 0.25) is 0 Å². The van der Waals surface area contributed by atoms with Crippen LogP contribution in [0, 0.1) is 5.92 Å². The second-order valence-electron chi connectivity index (χ2n) is 6.87. The summed E-state index contributed by atoms with van der Waals surface area (Å²) < 4.78 is 5.24. The van der Waals surface area contributed by atoms with E-state index in [1.165, 1.54) is 7.11 Å². The Morgan fingerprint density at radius 1 is 1.07 bits per heavy atom. The maximum absolute atomic E-state index is 12.8. The lowest BCUT2D eigenvalue weighted by atomic mass is 10.0. The van der Waals surface area contributed by atoms with Crippen molar-refractivity contribution in [1.82, 2.24) is 10.6 Å². The number of ether oxygens (including phenoxy) is 1. The molecule has 0 spiro atoms. The van der Waals surface area contributed by atoms with E-state index in [9.17, 15) is 9.59 Å². The van der Waals surface area contributed by atoms with Crippen LogP contribution in [0.25, 0.3) is 0 Å². The van der Waals surface area contributed by atoms with Crippen molar-refractivity contribution in [2.75, 3.05) is 19.0 Å². The lowest BCUT2D eigenvalue weighted by Crippen LogP contribution is -2.47. The second-order valence-corrected chi connectivity index (χ2v) is 6.87. The molecule has 1 atom stereocenters. The summed E-state index contributed by atoms with van der Waals surface area (Å²) in [5, 5.41) is 9.01. The average Bonchev–Trinajstić information content (AvgIpc) is 2.70. The monoisotopic (exact) mass is 383 g/mol. The van der Waals surface area contributed by atoms with Gasteiger partial charge in [-0.05, 0) is 42.3 Å². The lowest BCUT2D eigenvalue weighted by molar-refractivity contribution is -0.118. The summed E-state index contributed by atoms with van der Waals surface area (Å²) in [5.41, 5.74) is 2.19. The Kier molecular flexibility index (Phi) is 8.02. The zero-order chi connectivity index (χ0) is 20.5. The Hall–Kier alpha value is -2.86. The van der Waals surface area contributed by atoms with E-state index in [-0.39, 0.29) is 17.7 Å². The van der Waals surface area contributed by atoms with Crippen molar-refractivity contribution in [3.8, 4) is 5.75 Å². The number of benzene rings is 2. The molecule has 0 aliphatic carbocycles. The highest BCUT2D eigenvalue weighted by Gasteiger charge is 2.26. The van der Waals surface area contributed by atoms with E-state index in [0.717, 1.165) is 18.7 Å². The first-order valence-corrected chi connectivity index (χ1v) is 9.50. The Labute approximate surface area is 166 Å². The van der Waals surface area contributed by atoms with Gasteiger partial charge in [-0.15, -0.1) is 0 Å². The lowest BCUT2D eigenvalue weighted by Gasteiger charge is -2.22. The fraction of sp³-hybridized carbons (Fsp3) is 0.364. The zero-order valence-corrected chi connectivity index (χ0v) is 16.9. The van der Waals surface area contributed by atoms with Crippen LogP contribution in [0.15, 0.2) is 48.5 Å². The van der Waals surface area contributed by atoms with Gasteiger partial charge in [0.25, 0.3) is 5.91 Å². The topological polar surface area (TPSA) is 79.5 Å². The highest BCUT2D eigenvalue weighted by Crippen LogP contribution is 2.18. The van der Waals surface area contributed by atoms with E-state index in [0.29, 0.717) is 17.0 Å². The number of carbonyl (C=O) groups excluding carboxylic acids is 2. The SMILES string of the molecule is CCNCc1cccc(NC(=O)C(NC(=O)c2ccccc2OC)C(C)C)c1. The maximum Gasteiger partial charge on any atom is 0.255 e. The zero-order valence-electron chi connectivity index (χ0n) is 16.9. The number of hydrogen-bond donors (Lipinski definition) is 3. The van der Waals surface area contributed by atoms with Crippen molar-refractivity contribution in [2.24, 2.45) is 5.92 Å². The number of amides is 2. The van der Waals surface area contributed by atoms with Gasteiger partial charge in [0.2, 0.25) is 5.91 Å². The second kappa shape index (κ2) is 10.5. The first-order chi connectivity index (χ1) is 13.5. The van der Waals surface area contributed by atoms with Gasteiger partial charge >= 0.3 is 0 Å². The van der Waals surface area contributed by atoms with Crippen molar-refractivity contribution in [1.29, 1.82) is 0 Å². The summed E-state index contributed by atoms with van der Waals surface area (Å²) in [6.07, 6.45) is 0. The number of anilines is 1. The predicted octanol–water partition coefficient (Wildman–Crippen LogP) is 3.20. The summed E-state index contributed by atoms with van der Waals surface area (Å²) in [6, 6.07) is 14.0. The number of carbonyl (C=O) groups is 2. The number of methoxy groups -OCH3 is 1. The molecule has 0 heterocycles. The van der Waals surface area contributed by atoms with E-state index in [4.69, 9.17) is 4.74 Å². The highest BCUT2D eigenvalue weighted by atomic mass is 16.5. The Bertz CT molecular complexity index is 805. The normalized spacial score (nSPS) is 11.8. The van der Waals surface area contributed by atoms with Crippen molar-refractivity contribution in [3.05, 3.63) is 59.7 Å².